The molecule has 5 heteroatoms. The third kappa shape index (κ3) is 5.51. The van der Waals surface area contributed by atoms with E-state index in [0.29, 0.717) is 13.0 Å². The van der Waals surface area contributed by atoms with Gasteiger partial charge in [0.15, 0.2) is 0 Å². The van der Waals surface area contributed by atoms with Crippen LogP contribution in [0.5, 0.6) is 0 Å². The Hall–Kier alpha value is -0.550. The van der Waals surface area contributed by atoms with Crippen LogP contribution in [0.15, 0.2) is 11.1 Å². The zero-order valence-corrected chi connectivity index (χ0v) is 9.58. The molecular formula is C11H19F3N2. The highest BCUT2D eigenvalue weighted by Gasteiger charge is 2.25. The number of nitrogens with one attached hydrogen (secondary N) is 2. The van der Waals surface area contributed by atoms with Crippen molar-refractivity contribution in [3.8, 4) is 0 Å². The molecule has 0 atom stereocenters. The smallest absolute Gasteiger partial charge is 0.313 e. The van der Waals surface area contributed by atoms with E-state index >= 15 is 0 Å². The summed E-state index contributed by atoms with van der Waals surface area (Å²) in [5, 5.41) is 6.33. The summed E-state index contributed by atoms with van der Waals surface area (Å²) in [5.41, 5.74) is 2.73. The molecule has 0 bridgehead atoms. The number of rotatable bonds is 6. The lowest BCUT2D eigenvalue weighted by Gasteiger charge is -2.22. The molecule has 1 heterocycles. The van der Waals surface area contributed by atoms with Gasteiger partial charge in [-0.05, 0) is 31.9 Å². The highest BCUT2D eigenvalue weighted by Crippen LogP contribution is 2.21. The third-order valence-corrected chi connectivity index (χ3v) is 2.73. The lowest BCUT2D eigenvalue weighted by atomic mass is 10.0. The number of unbranched alkanes of at least 4 members (excludes halogenated alkanes) is 1. The Morgan fingerprint density at radius 2 is 2.00 bits per heavy atom. The third-order valence-electron chi connectivity index (χ3n) is 2.73. The highest BCUT2D eigenvalue weighted by atomic mass is 19.4. The fourth-order valence-corrected chi connectivity index (χ4v) is 1.53. The summed E-state index contributed by atoms with van der Waals surface area (Å²) in [7, 11) is 0. The SMILES string of the molecule is CC(CNCCCCC(F)(F)F)=C1CNC1. The Kier molecular flexibility index (Phi) is 5.28. The summed E-state index contributed by atoms with van der Waals surface area (Å²) in [6, 6.07) is 0. The lowest BCUT2D eigenvalue weighted by molar-refractivity contribution is -0.135. The van der Waals surface area contributed by atoms with Crippen LogP contribution in [-0.4, -0.2) is 32.4 Å². The monoisotopic (exact) mass is 236 g/mol. The second-order valence-corrected chi connectivity index (χ2v) is 4.24. The second-order valence-electron chi connectivity index (χ2n) is 4.24. The van der Waals surface area contributed by atoms with Crippen molar-refractivity contribution in [3.63, 3.8) is 0 Å². The van der Waals surface area contributed by atoms with Gasteiger partial charge in [0, 0.05) is 26.1 Å². The molecule has 0 saturated carbocycles. The maximum absolute atomic E-state index is 11.8. The van der Waals surface area contributed by atoms with Crippen molar-refractivity contribution in [2.24, 2.45) is 0 Å². The van der Waals surface area contributed by atoms with Crippen LogP contribution < -0.4 is 10.6 Å². The van der Waals surface area contributed by atoms with Crippen molar-refractivity contribution in [3.05, 3.63) is 11.1 Å². The first-order chi connectivity index (χ1) is 7.49. The molecule has 1 aliphatic heterocycles. The largest absolute Gasteiger partial charge is 0.389 e. The Morgan fingerprint density at radius 1 is 1.31 bits per heavy atom. The van der Waals surface area contributed by atoms with Gasteiger partial charge in [0.05, 0.1) is 0 Å². The average molecular weight is 236 g/mol. The molecule has 0 aliphatic carbocycles. The van der Waals surface area contributed by atoms with E-state index < -0.39 is 12.6 Å². The van der Waals surface area contributed by atoms with Gasteiger partial charge in [-0.25, -0.2) is 0 Å². The maximum atomic E-state index is 11.8. The molecule has 1 aliphatic rings. The first-order valence-corrected chi connectivity index (χ1v) is 5.65. The Balaban J connectivity index is 1.96. The molecular weight excluding hydrogens is 217 g/mol. The number of hydrogen-bond donors (Lipinski definition) is 2. The van der Waals surface area contributed by atoms with Crippen molar-refractivity contribution in [1.82, 2.24) is 10.6 Å². The van der Waals surface area contributed by atoms with Gasteiger partial charge in [0.1, 0.15) is 0 Å². The molecule has 2 N–H and O–H groups in total. The first kappa shape index (κ1) is 13.5. The maximum Gasteiger partial charge on any atom is 0.389 e. The van der Waals surface area contributed by atoms with Gasteiger partial charge in [-0.3, -0.25) is 0 Å². The van der Waals surface area contributed by atoms with Gasteiger partial charge in [-0.1, -0.05) is 5.57 Å². The van der Waals surface area contributed by atoms with Gasteiger partial charge in [-0.15, -0.1) is 0 Å². The molecule has 16 heavy (non-hydrogen) atoms. The summed E-state index contributed by atoms with van der Waals surface area (Å²) in [6.07, 6.45) is -3.87. The molecule has 1 saturated heterocycles. The fraction of sp³-hybridized carbons (Fsp3) is 0.818. The molecule has 1 rings (SSSR count). The zero-order chi connectivity index (χ0) is 12.0. The number of hydrogen-bond acceptors (Lipinski definition) is 2. The molecule has 1 fully saturated rings. The Bertz CT molecular complexity index is 240. The van der Waals surface area contributed by atoms with Gasteiger partial charge >= 0.3 is 6.18 Å². The summed E-state index contributed by atoms with van der Waals surface area (Å²) in [6.45, 7) is 5.44. The van der Waals surface area contributed by atoms with Crippen molar-refractivity contribution in [1.29, 1.82) is 0 Å². The van der Waals surface area contributed by atoms with E-state index in [1.165, 1.54) is 11.1 Å². The Labute approximate surface area is 94.3 Å². The zero-order valence-electron chi connectivity index (χ0n) is 9.58. The van der Waals surface area contributed by atoms with Crippen LogP contribution in [0, 0.1) is 0 Å². The van der Waals surface area contributed by atoms with Gasteiger partial charge in [-0.2, -0.15) is 13.2 Å². The minimum absolute atomic E-state index is 0.216. The predicted octanol–water partition coefficient (Wildman–Crippen LogP) is 2.23. The van der Waals surface area contributed by atoms with Gasteiger partial charge in [0.2, 0.25) is 0 Å². The molecule has 0 radical (unpaired) electrons. The van der Waals surface area contributed by atoms with E-state index in [1.54, 1.807) is 0 Å². The first-order valence-electron chi connectivity index (χ1n) is 5.65. The summed E-state index contributed by atoms with van der Waals surface area (Å²) in [4.78, 5) is 0. The van der Waals surface area contributed by atoms with Crippen LogP contribution >= 0.6 is 0 Å². The molecule has 2 nitrogen and oxygen atoms in total. The van der Waals surface area contributed by atoms with E-state index in [9.17, 15) is 13.2 Å². The highest BCUT2D eigenvalue weighted by molar-refractivity contribution is 5.22. The van der Waals surface area contributed by atoms with E-state index in [0.717, 1.165) is 19.6 Å². The van der Waals surface area contributed by atoms with E-state index in [-0.39, 0.29) is 6.42 Å². The number of alkyl halides is 3. The van der Waals surface area contributed by atoms with Crippen molar-refractivity contribution < 1.29 is 13.2 Å². The Morgan fingerprint density at radius 3 is 2.50 bits per heavy atom. The van der Waals surface area contributed by atoms with Crippen LogP contribution in [0.4, 0.5) is 13.2 Å². The van der Waals surface area contributed by atoms with Gasteiger partial charge in [0.25, 0.3) is 0 Å². The molecule has 0 aromatic rings. The molecule has 0 aromatic carbocycles. The van der Waals surface area contributed by atoms with Crippen LogP contribution in [0.1, 0.15) is 26.2 Å². The van der Waals surface area contributed by atoms with Crippen molar-refractivity contribution in [2.45, 2.75) is 32.4 Å². The summed E-state index contributed by atoms with van der Waals surface area (Å²) >= 11 is 0. The molecule has 0 unspecified atom stereocenters. The minimum atomic E-state index is -4.00. The molecule has 94 valence electrons. The average Bonchev–Trinajstić information content (AvgIpc) is 2.06. The quantitative estimate of drug-likeness (QED) is 0.546. The van der Waals surface area contributed by atoms with E-state index in [4.69, 9.17) is 0 Å². The van der Waals surface area contributed by atoms with Crippen LogP contribution in [0.3, 0.4) is 0 Å². The summed E-state index contributed by atoms with van der Waals surface area (Å²) < 4.78 is 35.5. The second kappa shape index (κ2) is 6.25. The topological polar surface area (TPSA) is 24.1 Å². The van der Waals surface area contributed by atoms with Crippen LogP contribution in [0.25, 0.3) is 0 Å². The normalized spacial score (nSPS) is 16.1. The van der Waals surface area contributed by atoms with Crippen LogP contribution in [-0.2, 0) is 0 Å². The van der Waals surface area contributed by atoms with Crippen LogP contribution in [0.2, 0.25) is 0 Å². The van der Waals surface area contributed by atoms with E-state index in [2.05, 4.69) is 17.6 Å². The number of halogens is 3. The van der Waals surface area contributed by atoms with E-state index in [1.807, 2.05) is 0 Å². The van der Waals surface area contributed by atoms with Crippen molar-refractivity contribution >= 4 is 0 Å². The van der Waals surface area contributed by atoms with Crippen molar-refractivity contribution in [2.75, 3.05) is 26.2 Å². The summed E-state index contributed by atoms with van der Waals surface area (Å²) in [5.74, 6) is 0. The standard InChI is InChI=1S/C11H19F3N2/c1-9(10-7-16-8-10)6-15-5-3-2-4-11(12,13)14/h15-16H,2-8H2,1H3. The lowest BCUT2D eigenvalue weighted by Crippen LogP contribution is -2.36. The van der Waals surface area contributed by atoms with Gasteiger partial charge < -0.3 is 10.6 Å². The minimum Gasteiger partial charge on any atom is -0.313 e. The predicted molar refractivity (Wildman–Crippen MR) is 58.3 cm³/mol. The molecule has 0 aromatic heterocycles. The molecule has 0 amide bonds. The molecule has 0 spiro atoms. The fourth-order valence-electron chi connectivity index (χ4n) is 1.53.